The number of halogens is 2. The van der Waals surface area contributed by atoms with Crippen LogP contribution in [-0.2, 0) is 0 Å². The molecule has 0 amide bonds. The highest BCUT2D eigenvalue weighted by Gasteiger charge is 2.24. The lowest BCUT2D eigenvalue weighted by molar-refractivity contribution is 0.512. The topological polar surface area (TPSA) is 70.0 Å². The summed E-state index contributed by atoms with van der Waals surface area (Å²) in [6, 6.07) is 0. The lowest BCUT2D eigenvalue weighted by atomic mass is 9.99. The van der Waals surface area contributed by atoms with Crippen LogP contribution >= 0.6 is 31.9 Å². The molecule has 0 aromatic carbocycles. The van der Waals surface area contributed by atoms with Gasteiger partial charge in [0.2, 0.25) is 0 Å². The first-order valence-corrected chi connectivity index (χ1v) is 10.5. The standard InChI is InChI=1S/C18H36Br2.2H3N/c1-4-5-6-7-8-9-10-11-12-13-14-15-16-18(3,20)17(2)19;;/h17H,4-16H2,1-3H3;2*1H3. The molecule has 0 radical (unpaired) electrons. The van der Waals surface area contributed by atoms with E-state index in [1.807, 2.05) is 0 Å². The summed E-state index contributed by atoms with van der Waals surface area (Å²) in [5.74, 6) is 0. The molecule has 0 fully saturated rings. The number of hydrogen-bond donors (Lipinski definition) is 2. The molecular formula is C18H42Br2N2. The molecule has 22 heavy (non-hydrogen) atoms. The summed E-state index contributed by atoms with van der Waals surface area (Å²) in [5.41, 5.74) is 0. The summed E-state index contributed by atoms with van der Waals surface area (Å²) < 4.78 is 0.269. The highest BCUT2D eigenvalue weighted by molar-refractivity contribution is 9.12. The average molecular weight is 446 g/mol. The zero-order valence-corrected chi connectivity index (χ0v) is 18.6. The van der Waals surface area contributed by atoms with Crippen LogP contribution in [0.15, 0.2) is 0 Å². The van der Waals surface area contributed by atoms with Gasteiger partial charge in [0.15, 0.2) is 0 Å². The van der Waals surface area contributed by atoms with Crippen molar-refractivity contribution in [1.82, 2.24) is 12.3 Å². The fourth-order valence-corrected chi connectivity index (χ4v) is 3.02. The molecule has 0 aromatic rings. The summed E-state index contributed by atoms with van der Waals surface area (Å²) in [6.45, 7) is 6.82. The minimum absolute atomic E-state index is 0. The summed E-state index contributed by atoms with van der Waals surface area (Å²) in [6.07, 6.45) is 18.4. The second kappa shape index (κ2) is 18.2. The molecule has 6 N–H and O–H groups in total. The van der Waals surface area contributed by atoms with Gasteiger partial charge in [-0.1, -0.05) is 123 Å². The van der Waals surface area contributed by atoms with Crippen molar-refractivity contribution in [2.75, 3.05) is 0 Å². The minimum Gasteiger partial charge on any atom is -0.344 e. The molecule has 0 spiro atoms. The Labute approximate surface area is 157 Å². The fraction of sp³-hybridized carbons (Fsp3) is 1.00. The highest BCUT2D eigenvalue weighted by Crippen LogP contribution is 2.32. The Bertz CT molecular complexity index is 209. The first-order valence-electron chi connectivity index (χ1n) is 8.83. The number of hydrogen-bond acceptors (Lipinski definition) is 2. The molecule has 0 rings (SSSR count). The summed E-state index contributed by atoms with van der Waals surface area (Å²) >= 11 is 7.51. The molecule has 0 bridgehead atoms. The molecule has 2 unspecified atom stereocenters. The predicted molar refractivity (Wildman–Crippen MR) is 111 cm³/mol. The van der Waals surface area contributed by atoms with Crippen LogP contribution in [0.25, 0.3) is 0 Å². The third-order valence-corrected chi connectivity index (χ3v) is 7.06. The molecule has 0 heterocycles. The van der Waals surface area contributed by atoms with E-state index in [0.29, 0.717) is 4.83 Å². The minimum atomic E-state index is 0. The number of unbranched alkanes of at least 4 members (excludes halogenated alkanes) is 11. The second-order valence-corrected chi connectivity index (χ2v) is 9.72. The smallest absolute Gasteiger partial charge is 0.0352 e. The van der Waals surface area contributed by atoms with Gasteiger partial charge in [-0.15, -0.1) is 0 Å². The van der Waals surface area contributed by atoms with Crippen molar-refractivity contribution in [1.29, 1.82) is 0 Å². The van der Waals surface area contributed by atoms with Crippen LogP contribution in [0.1, 0.15) is 104 Å². The Kier molecular flexibility index (Phi) is 23.0. The van der Waals surface area contributed by atoms with Crippen molar-refractivity contribution in [3.05, 3.63) is 0 Å². The van der Waals surface area contributed by atoms with Crippen LogP contribution < -0.4 is 12.3 Å². The van der Waals surface area contributed by atoms with Crippen LogP contribution in [0.4, 0.5) is 0 Å². The van der Waals surface area contributed by atoms with Gasteiger partial charge in [0, 0.05) is 9.15 Å². The average Bonchev–Trinajstić information content (AvgIpc) is 2.39. The second-order valence-electron chi connectivity index (χ2n) is 6.53. The molecule has 0 saturated heterocycles. The van der Waals surface area contributed by atoms with Crippen molar-refractivity contribution in [2.45, 2.75) is 113 Å². The third-order valence-electron chi connectivity index (χ3n) is 4.35. The van der Waals surface area contributed by atoms with E-state index in [4.69, 9.17) is 0 Å². The molecule has 0 aromatic heterocycles. The van der Waals surface area contributed by atoms with E-state index in [2.05, 4.69) is 52.6 Å². The summed E-state index contributed by atoms with van der Waals surface area (Å²) in [5, 5.41) is 0. The van der Waals surface area contributed by atoms with E-state index in [0.717, 1.165) is 0 Å². The van der Waals surface area contributed by atoms with Gasteiger partial charge in [-0.2, -0.15) is 0 Å². The zero-order valence-electron chi connectivity index (χ0n) is 15.4. The Hall–Kier alpha value is 0.880. The van der Waals surface area contributed by atoms with Gasteiger partial charge in [-0.3, -0.25) is 0 Å². The van der Waals surface area contributed by atoms with Crippen LogP contribution in [0.5, 0.6) is 0 Å². The van der Waals surface area contributed by atoms with E-state index in [9.17, 15) is 0 Å². The van der Waals surface area contributed by atoms with Gasteiger partial charge in [0.25, 0.3) is 0 Å². The lowest BCUT2D eigenvalue weighted by Gasteiger charge is -2.25. The van der Waals surface area contributed by atoms with Gasteiger partial charge < -0.3 is 12.3 Å². The van der Waals surface area contributed by atoms with Crippen molar-refractivity contribution in [3.8, 4) is 0 Å². The van der Waals surface area contributed by atoms with Crippen LogP contribution in [0, 0.1) is 0 Å². The normalized spacial score (nSPS) is 14.6. The van der Waals surface area contributed by atoms with Crippen LogP contribution in [0.3, 0.4) is 0 Å². The zero-order chi connectivity index (χ0) is 15.3. The van der Waals surface area contributed by atoms with Gasteiger partial charge in [-0.25, -0.2) is 0 Å². The van der Waals surface area contributed by atoms with Crippen LogP contribution in [-0.4, -0.2) is 9.15 Å². The van der Waals surface area contributed by atoms with Crippen molar-refractivity contribution in [3.63, 3.8) is 0 Å². The molecule has 0 aliphatic heterocycles. The Balaban J connectivity index is -0.00000180. The Morgan fingerprint density at radius 3 is 1.36 bits per heavy atom. The summed E-state index contributed by atoms with van der Waals surface area (Å²) in [7, 11) is 0. The van der Waals surface area contributed by atoms with E-state index in [1.165, 1.54) is 83.5 Å². The van der Waals surface area contributed by atoms with Crippen molar-refractivity contribution < 1.29 is 0 Å². The summed E-state index contributed by atoms with van der Waals surface area (Å²) in [4.78, 5) is 0.544. The van der Waals surface area contributed by atoms with E-state index < -0.39 is 0 Å². The molecule has 0 aliphatic carbocycles. The van der Waals surface area contributed by atoms with Crippen LogP contribution in [0.2, 0.25) is 0 Å². The van der Waals surface area contributed by atoms with E-state index >= 15 is 0 Å². The molecular weight excluding hydrogens is 404 g/mol. The molecule has 0 saturated carbocycles. The van der Waals surface area contributed by atoms with Gasteiger partial charge in [-0.05, 0) is 13.3 Å². The van der Waals surface area contributed by atoms with E-state index in [1.54, 1.807) is 0 Å². The number of alkyl halides is 2. The highest BCUT2D eigenvalue weighted by atomic mass is 79.9. The molecule has 4 heteroatoms. The molecule has 138 valence electrons. The maximum absolute atomic E-state index is 3.83. The SMILES string of the molecule is CCCCCCCCCCCCCCC(C)(Br)C(C)Br.N.N. The molecule has 2 nitrogen and oxygen atoms in total. The van der Waals surface area contributed by atoms with Gasteiger partial charge >= 0.3 is 0 Å². The maximum Gasteiger partial charge on any atom is 0.0352 e. The van der Waals surface area contributed by atoms with Gasteiger partial charge in [0.05, 0.1) is 0 Å². The van der Waals surface area contributed by atoms with Crippen molar-refractivity contribution >= 4 is 31.9 Å². The lowest BCUT2D eigenvalue weighted by Crippen LogP contribution is -2.25. The number of rotatable bonds is 14. The molecule has 0 aliphatic rings. The predicted octanol–water partition coefficient (Wildman–Crippen LogP) is 8.34. The first kappa shape index (κ1) is 27.7. The third kappa shape index (κ3) is 17.2. The Morgan fingerprint density at radius 1 is 0.727 bits per heavy atom. The molecule has 2 atom stereocenters. The first-order chi connectivity index (χ1) is 9.50. The van der Waals surface area contributed by atoms with E-state index in [-0.39, 0.29) is 16.6 Å². The monoisotopic (exact) mass is 444 g/mol. The van der Waals surface area contributed by atoms with Crippen molar-refractivity contribution in [2.24, 2.45) is 0 Å². The maximum atomic E-state index is 3.83. The Morgan fingerprint density at radius 2 is 1.05 bits per heavy atom. The largest absolute Gasteiger partial charge is 0.344 e. The van der Waals surface area contributed by atoms with Gasteiger partial charge in [0.1, 0.15) is 0 Å². The fourth-order valence-electron chi connectivity index (χ4n) is 2.51. The quantitative estimate of drug-likeness (QED) is 0.208.